The van der Waals surface area contributed by atoms with Crippen molar-refractivity contribution in [1.29, 1.82) is 0 Å². The summed E-state index contributed by atoms with van der Waals surface area (Å²) in [7, 11) is 0. The summed E-state index contributed by atoms with van der Waals surface area (Å²) in [5.74, 6) is -1.34. The minimum atomic E-state index is -0.884. The zero-order chi connectivity index (χ0) is 20.0. The SMILES string of the molecule is C=CCNC(=O)c1ccccc1NC(=O)c1ccc([N+](=O)[O-])cc1[N+](=O)[O-]. The smallest absolute Gasteiger partial charge is 0.289 e. The van der Waals surface area contributed by atoms with E-state index in [1.807, 2.05) is 0 Å². The second-order valence-corrected chi connectivity index (χ2v) is 5.21. The van der Waals surface area contributed by atoms with Gasteiger partial charge in [-0.3, -0.25) is 29.8 Å². The van der Waals surface area contributed by atoms with Gasteiger partial charge in [-0.15, -0.1) is 6.58 Å². The summed E-state index contributed by atoms with van der Waals surface area (Å²) in [4.78, 5) is 44.9. The second-order valence-electron chi connectivity index (χ2n) is 5.21. The van der Waals surface area contributed by atoms with Gasteiger partial charge in [-0.05, 0) is 18.2 Å². The first-order valence-electron chi connectivity index (χ1n) is 7.57. The largest absolute Gasteiger partial charge is 0.349 e. The Balaban J connectivity index is 2.36. The minimum Gasteiger partial charge on any atom is -0.349 e. The Hall–Kier alpha value is -4.08. The van der Waals surface area contributed by atoms with Crippen LogP contribution in [0.3, 0.4) is 0 Å². The average Bonchev–Trinajstić information content (AvgIpc) is 2.65. The fraction of sp³-hybridized carbons (Fsp3) is 0.0588. The first kappa shape index (κ1) is 19.2. The Morgan fingerprint density at radius 1 is 1.00 bits per heavy atom. The van der Waals surface area contributed by atoms with Gasteiger partial charge >= 0.3 is 0 Å². The molecule has 10 heteroatoms. The molecule has 2 N–H and O–H groups in total. The fourth-order valence-electron chi connectivity index (χ4n) is 2.22. The Bertz CT molecular complexity index is 941. The molecule has 2 amide bonds. The lowest BCUT2D eigenvalue weighted by Crippen LogP contribution is -2.25. The van der Waals surface area contributed by atoms with Crippen LogP contribution in [0.1, 0.15) is 20.7 Å². The number of nitro benzene ring substituents is 2. The van der Waals surface area contributed by atoms with Gasteiger partial charge in [-0.2, -0.15) is 0 Å². The van der Waals surface area contributed by atoms with Crippen LogP contribution in [0.4, 0.5) is 17.1 Å². The predicted molar refractivity (Wildman–Crippen MR) is 96.7 cm³/mol. The highest BCUT2D eigenvalue weighted by Crippen LogP contribution is 2.26. The molecule has 0 fully saturated rings. The van der Waals surface area contributed by atoms with Crippen LogP contribution in [-0.2, 0) is 0 Å². The zero-order valence-corrected chi connectivity index (χ0v) is 13.9. The van der Waals surface area contributed by atoms with Crippen molar-refractivity contribution in [1.82, 2.24) is 5.32 Å². The zero-order valence-electron chi connectivity index (χ0n) is 13.9. The highest BCUT2D eigenvalue weighted by Gasteiger charge is 2.25. The van der Waals surface area contributed by atoms with Crippen LogP contribution in [0, 0.1) is 20.2 Å². The number of rotatable bonds is 7. The number of para-hydroxylation sites is 1. The number of benzene rings is 2. The Morgan fingerprint density at radius 3 is 2.33 bits per heavy atom. The molecule has 0 aliphatic carbocycles. The van der Waals surface area contributed by atoms with Crippen molar-refractivity contribution in [2.45, 2.75) is 0 Å². The number of nitrogens with one attached hydrogen (secondary N) is 2. The molecule has 0 atom stereocenters. The molecule has 2 aromatic carbocycles. The Morgan fingerprint density at radius 2 is 1.70 bits per heavy atom. The number of nitro groups is 2. The summed E-state index contributed by atoms with van der Waals surface area (Å²) in [6.45, 7) is 3.70. The summed E-state index contributed by atoms with van der Waals surface area (Å²) >= 11 is 0. The maximum absolute atomic E-state index is 12.5. The first-order chi connectivity index (χ1) is 12.8. The van der Waals surface area contributed by atoms with E-state index in [-0.39, 0.29) is 23.4 Å². The summed E-state index contributed by atoms with van der Waals surface area (Å²) in [5.41, 5.74) is -1.31. The van der Waals surface area contributed by atoms with Gasteiger partial charge in [0.05, 0.1) is 27.2 Å². The van der Waals surface area contributed by atoms with Gasteiger partial charge in [0.2, 0.25) is 0 Å². The number of carbonyl (C=O) groups is 2. The van der Waals surface area contributed by atoms with Gasteiger partial charge < -0.3 is 10.6 Å². The summed E-state index contributed by atoms with van der Waals surface area (Å²) < 4.78 is 0. The second kappa shape index (κ2) is 8.34. The van der Waals surface area contributed by atoms with Crippen LogP contribution in [0.25, 0.3) is 0 Å². The van der Waals surface area contributed by atoms with Crippen molar-refractivity contribution in [3.63, 3.8) is 0 Å². The van der Waals surface area contributed by atoms with Crippen molar-refractivity contribution in [2.24, 2.45) is 0 Å². The van der Waals surface area contributed by atoms with E-state index in [2.05, 4.69) is 17.2 Å². The molecule has 0 unspecified atom stereocenters. The third kappa shape index (κ3) is 4.51. The molecule has 0 saturated heterocycles. The molecule has 0 aliphatic heterocycles. The van der Waals surface area contributed by atoms with Crippen LogP contribution >= 0.6 is 0 Å². The summed E-state index contributed by atoms with van der Waals surface area (Å²) in [6, 6.07) is 8.78. The highest BCUT2D eigenvalue weighted by atomic mass is 16.6. The number of nitrogens with zero attached hydrogens (tertiary/aromatic N) is 2. The molecule has 0 aromatic heterocycles. The molecule has 0 heterocycles. The van der Waals surface area contributed by atoms with Crippen LogP contribution < -0.4 is 10.6 Å². The minimum absolute atomic E-state index is 0.136. The third-order valence-electron chi connectivity index (χ3n) is 3.46. The van der Waals surface area contributed by atoms with Crippen molar-refractivity contribution in [3.05, 3.63) is 86.5 Å². The van der Waals surface area contributed by atoms with Crippen molar-refractivity contribution >= 4 is 28.9 Å². The topological polar surface area (TPSA) is 144 Å². The standard InChI is InChI=1S/C17H14N4O6/c1-2-9-18-16(22)12-5-3-4-6-14(12)19-17(23)13-8-7-11(20(24)25)10-15(13)21(26)27/h2-8,10H,1,9H2,(H,18,22)(H,19,23). The molecular formula is C17H14N4O6. The molecular weight excluding hydrogens is 356 g/mol. The average molecular weight is 370 g/mol. The maximum Gasteiger partial charge on any atom is 0.289 e. The van der Waals surface area contributed by atoms with E-state index < -0.39 is 33.0 Å². The number of amides is 2. The molecule has 27 heavy (non-hydrogen) atoms. The van der Waals surface area contributed by atoms with Crippen molar-refractivity contribution in [3.8, 4) is 0 Å². The van der Waals surface area contributed by atoms with E-state index in [4.69, 9.17) is 0 Å². The van der Waals surface area contributed by atoms with Crippen molar-refractivity contribution in [2.75, 3.05) is 11.9 Å². The summed E-state index contributed by atoms with van der Waals surface area (Å²) in [6.07, 6.45) is 1.49. The van der Waals surface area contributed by atoms with E-state index in [0.717, 1.165) is 12.1 Å². The van der Waals surface area contributed by atoms with Gasteiger partial charge in [-0.1, -0.05) is 18.2 Å². The van der Waals surface area contributed by atoms with E-state index in [9.17, 15) is 29.8 Å². The predicted octanol–water partition coefficient (Wildman–Crippen LogP) is 2.67. The van der Waals surface area contributed by atoms with Crippen LogP contribution in [0.5, 0.6) is 0 Å². The lowest BCUT2D eigenvalue weighted by Gasteiger charge is -2.11. The summed E-state index contributed by atoms with van der Waals surface area (Å²) in [5, 5.41) is 26.9. The number of hydrogen-bond acceptors (Lipinski definition) is 6. The van der Waals surface area contributed by atoms with Crippen molar-refractivity contribution < 1.29 is 19.4 Å². The van der Waals surface area contributed by atoms with E-state index in [0.29, 0.717) is 6.07 Å². The maximum atomic E-state index is 12.5. The highest BCUT2D eigenvalue weighted by molar-refractivity contribution is 6.10. The molecule has 0 saturated carbocycles. The van der Waals surface area contributed by atoms with Gasteiger partial charge in [0.25, 0.3) is 23.2 Å². The van der Waals surface area contributed by atoms with E-state index in [1.54, 1.807) is 12.1 Å². The van der Waals surface area contributed by atoms with Gasteiger partial charge in [0, 0.05) is 12.6 Å². The lowest BCUT2D eigenvalue weighted by atomic mass is 10.1. The molecule has 0 radical (unpaired) electrons. The number of anilines is 1. The number of carbonyl (C=O) groups excluding carboxylic acids is 2. The lowest BCUT2D eigenvalue weighted by molar-refractivity contribution is -0.394. The van der Waals surface area contributed by atoms with Gasteiger partial charge in [-0.25, -0.2) is 0 Å². The molecule has 2 aromatic rings. The molecule has 2 rings (SSSR count). The molecule has 0 bridgehead atoms. The first-order valence-corrected chi connectivity index (χ1v) is 7.57. The quantitative estimate of drug-likeness (QED) is 0.435. The number of hydrogen-bond donors (Lipinski definition) is 2. The number of non-ortho nitro benzene ring substituents is 1. The van der Waals surface area contributed by atoms with Crippen LogP contribution in [-0.4, -0.2) is 28.2 Å². The van der Waals surface area contributed by atoms with Gasteiger partial charge in [0.15, 0.2) is 0 Å². The van der Waals surface area contributed by atoms with Crippen LogP contribution in [0.2, 0.25) is 0 Å². The Kier molecular flexibility index (Phi) is 5.94. The molecule has 138 valence electrons. The van der Waals surface area contributed by atoms with Crippen LogP contribution in [0.15, 0.2) is 55.1 Å². The third-order valence-corrected chi connectivity index (χ3v) is 3.46. The normalized spacial score (nSPS) is 9.93. The van der Waals surface area contributed by atoms with E-state index >= 15 is 0 Å². The van der Waals surface area contributed by atoms with Gasteiger partial charge in [0.1, 0.15) is 5.56 Å². The molecule has 10 nitrogen and oxygen atoms in total. The monoisotopic (exact) mass is 370 g/mol. The molecule has 0 spiro atoms. The van der Waals surface area contributed by atoms with E-state index in [1.165, 1.54) is 18.2 Å². The Labute approximate surface area is 152 Å². The molecule has 0 aliphatic rings. The fourth-order valence-corrected chi connectivity index (χ4v) is 2.22.